The Labute approximate surface area is 297 Å². The predicted octanol–water partition coefficient (Wildman–Crippen LogP) is 8.00. The molecule has 0 radical (unpaired) electrons. The molecule has 48 heavy (non-hydrogen) atoms. The fraction of sp³-hybridized carbons (Fsp3) is 0.316. The molecule has 0 unspecified atom stereocenters. The fourth-order valence-electron chi connectivity index (χ4n) is 6.03. The number of sulfonamides is 1. The first-order chi connectivity index (χ1) is 23.0. The summed E-state index contributed by atoms with van der Waals surface area (Å²) in [5.41, 5.74) is 3.63. The molecule has 1 fully saturated rings. The van der Waals surface area contributed by atoms with Crippen LogP contribution in [0.4, 0.5) is 5.69 Å². The summed E-state index contributed by atoms with van der Waals surface area (Å²) in [5.74, 6) is -0.762. The molecule has 0 aromatic heterocycles. The van der Waals surface area contributed by atoms with Crippen LogP contribution < -0.4 is 9.62 Å². The van der Waals surface area contributed by atoms with E-state index >= 15 is 0 Å². The summed E-state index contributed by atoms with van der Waals surface area (Å²) in [6.45, 7) is 3.27. The van der Waals surface area contributed by atoms with Crippen LogP contribution in [0.15, 0.2) is 106 Å². The number of hydrogen-bond donors (Lipinski definition) is 1. The van der Waals surface area contributed by atoms with E-state index in [2.05, 4.69) is 21.2 Å². The molecule has 0 saturated heterocycles. The molecule has 1 atom stereocenters. The minimum absolute atomic E-state index is 0.0282. The Morgan fingerprint density at radius 2 is 1.56 bits per heavy atom. The number of benzene rings is 4. The molecule has 4 aromatic rings. The lowest BCUT2D eigenvalue weighted by molar-refractivity contribution is -0.140. The maximum absolute atomic E-state index is 14.7. The molecule has 10 heteroatoms. The standard InChI is InChI=1S/C38H41BrClN3O4S/c1-27-16-20-34(21-17-27)48(46,47)43(33-19-18-28(2)35(40)24-33)26-37(44)42(25-30-12-9-13-31(39)22-30)36(23-29-10-5-3-6-11-29)38(45)41-32-14-7-4-8-15-32/h3,5-6,9-13,16-22,24,32,36H,4,7-8,14-15,23,25-26H2,1-2H3,(H,41,45)/t36-/m1/s1. The maximum atomic E-state index is 14.7. The van der Waals surface area contributed by atoms with Crippen molar-refractivity contribution in [2.45, 2.75) is 75.9 Å². The van der Waals surface area contributed by atoms with Crippen molar-refractivity contribution in [3.8, 4) is 0 Å². The highest BCUT2D eigenvalue weighted by Crippen LogP contribution is 2.29. The summed E-state index contributed by atoms with van der Waals surface area (Å²) in [7, 11) is -4.22. The third-order valence-electron chi connectivity index (χ3n) is 8.80. The predicted molar refractivity (Wildman–Crippen MR) is 196 cm³/mol. The number of nitrogens with zero attached hydrogens (tertiary/aromatic N) is 2. The van der Waals surface area contributed by atoms with Gasteiger partial charge in [-0.05, 0) is 79.8 Å². The molecule has 1 aliphatic rings. The zero-order chi connectivity index (χ0) is 34.3. The molecule has 0 heterocycles. The van der Waals surface area contributed by atoms with Crippen LogP contribution >= 0.6 is 27.5 Å². The normalized spacial score (nSPS) is 14.2. The zero-order valence-electron chi connectivity index (χ0n) is 27.2. The van der Waals surface area contributed by atoms with E-state index in [4.69, 9.17) is 11.6 Å². The molecule has 7 nitrogen and oxygen atoms in total. The SMILES string of the molecule is Cc1ccc(S(=O)(=O)N(CC(=O)N(Cc2cccc(Br)c2)[C@H](Cc2ccccc2)C(=O)NC2CCCCC2)c2ccc(C)c(Cl)c2)cc1. The lowest BCUT2D eigenvalue weighted by Crippen LogP contribution is -2.55. The van der Waals surface area contributed by atoms with E-state index < -0.39 is 28.5 Å². The Morgan fingerprint density at radius 3 is 2.23 bits per heavy atom. The molecule has 252 valence electrons. The summed E-state index contributed by atoms with van der Waals surface area (Å²) >= 11 is 10.0. The van der Waals surface area contributed by atoms with Gasteiger partial charge < -0.3 is 10.2 Å². The van der Waals surface area contributed by atoms with Crippen LogP contribution in [-0.2, 0) is 32.6 Å². The van der Waals surface area contributed by atoms with E-state index in [1.54, 1.807) is 30.3 Å². The summed E-state index contributed by atoms with van der Waals surface area (Å²) in [4.78, 5) is 30.5. The number of hydrogen-bond acceptors (Lipinski definition) is 4. The first-order valence-corrected chi connectivity index (χ1v) is 18.9. The second-order valence-electron chi connectivity index (χ2n) is 12.5. The summed E-state index contributed by atoms with van der Waals surface area (Å²) in [6.07, 6.45) is 5.27. The third-order valence-corrected chi connectivity index (χ3v) is 11.5. The third kappa shape index (κ3) is 9.07. The van der Waals surface area contributed by atoms with Gasteiger partial charge in [0.15, 0.2) is 0 Å². The van der Waals surface area contributed by atoms with Gasteiger partial charge in [0.2, 0.25) is 11.8 Å². The van der Waals surface area contributed by atoms with E-state index in [-0.39, 0.29) is 35.5 Å². The van der Waals surface area contributed by atoms with Crippen molar-refractivity contribution >= 4 is 55.1 Å². The lowest BCUT2D eigenvalue weighted by atomic mass is 9.94. The summed E-state index contributed by atoms with van der Waals surface area (Å²) in [5, 5.41) is 3.62. The molecule has 1 saturated carbocycles. The van der Waals surface area contributed by atoms with Crippen LogP contribution in [0.1, 0.15) is 54.4 Å². The number of carbonyl (C=O) groups excluding carboxylic acids is 2. The van der Waals surface area contributed by atoms with Crippen molar-refractivity contribution in [1.29, 1.82) is 0 Å². The van der Waals surface area contributed by atoms with E-state index in [0.29, 0.717) is 5.02 Å². The molecule has 1 N–H and O–H groups in total. The van der Waals surface area contributed by atoms with Crippen molar-refractivity contribution < 1.29 is 18.0 Å². The van der Waals surface area contributed by atoms with Gasteiger partial charge in [0.25, 0.3) is 10.0 Å². The highest BCUT2D eigenvalue weighted by Gasteiger charge is 2.35. The number of anilines is 1. The van der Waals surface area contributed by atoms with Crippen molar-refractivity contribution in [2.75, 3.05) is 10.8 Å². The minimum atomic E-state index is -4.22. The Bertz CT molecular complexity index is 1830. The van der Waals surface area contributed by atoms with Gasteiger partial charge in [0.05, 0.1) is 10.6 Å². The van der Waals surface area contributed by atoms with Gasteiger partial charge in [-0.15, -0.1) is 0 Å². The highest BCUT2D eigenvalue weighted by molar-refractivity contribution is 9.10. The number of aryl methyl sites for hydroxylation is 2. The second kappa shape index (κ2) is 16.2. The number of nitrogens with one attached hydrogen (secondary N) is 1. The first kappa shape index (κ1) is 35.6. The van der Waals surface area contributed by atoms with Gasteiger partial charge in [-0.25, -0.2) is 8.42 Å². The molecule has 2 amide bonds. The molecule has 0 bridgehead atoms. The quantitative estimate of drug-likeness (QED) is 0.159. The second-order valence-corrected chi connectivity index (χ2v) is 15.6. The minimum Gasteiger partial charge on any atom is -0.352 e. The molecule has 0 spiro atoms. The van der Waals surface area contributed by atoms with Gasteiger partial charge in [-0.2, -0.15) is 0 Å². The first-order valence-electron chi connectivity index (χ1n) is 16.2. The van der Waals surface area contributed by atoms with Gasteiger partial charge in [0, 0.05) is 28.5 Å². The van der Waals surface area contributed by atoms with Gasteiger partial charge in [0.1, 0.15) is 12.6 Å². The zero-order valence-corrected chi connectivity index (χ0v) is 30.4. The number of carbonyl (C=O) groups is 2. The summed E-state index contributed by atoms with van der Waals surface area (Å²) in [6, 6.07) is 27.7. The lowest BCUT2D eigenvalue weighted by Gasteiger charge is -2.35. The maximum Gasteiger partial charge on any atom is 0.264 e. The molecule has 5 rings (SSSR count). The van der Waals surface area contributed by atoms with Crippen LogP contribution in [0.3, 0.4) is 0 Å². The average molecular weight is 751 g/mol. The summed E-state index contributed by atoms with van der Waals surface area (Å²) < 4.78 is 30.5. The molecular weight excluding hydrogens is 710 g/mol. The fourth-order valence-corrected chi connectivity index (χ4v) is 8.06. The van der Waals surface area contributed by atoms with Crippen molar-refractivity contribution in [1.82, 2.24) is 10.2 Å². The number of rotatable bonds is 12. The van der Waals surface area contributed by atoms with Crippen molar-refractivity contribution in [2.24, 2.45) is 0 Å². The average Bonchev–Trinajstić information content (AvgIpc) is 3.07. The number of halogens is 2. The molecular formula is C38H41BrClN3O4S. The monoisotopic (exact) mass is 749 g/mol. The van der Waals surface area contributed by atoms with Crippen LogP contribution in [-0.4, -0.2) is 43.8 Å². The van der Waals surface area contributed by atoms with Crippen molar-refractivity contribution in [3.63, 3.8) is 0 Å². The van der Waals surface area contributed by atoms with Crippen LogP contribution in [0, 0.1) is 13.8 Å². The van der Waals surface area contributed by atoms with E-state index in [1.165, 1.54) is 17.0 Å². The number of amides is 2. The largest absolute Gasteiger partial charge is 0.352 e. The Balaban J connectivity index is 1.58. The van der Waals surface area contributed by atoms with Crippen LogP contribution in [0.25, 0.3) is 0 Å². The van der Waals surface area contributed by atoms with Gasteiger partial charge in [-0.1, -0.05) is 113 Å². The molecule has 4 aromatic carbocycles. The Hall–Kier alpha value is -3.66. The van der Waals surface area contributed by atoms with E-state index in [9.17, 15) is 18.0 Å². The van der Waals surface area contributed by atoms with Crippen molar-refractivity contribution in [3.05, 3.63) is 129 Å². The van der Waals surface area contributed by atoms with E-state index in [0.717, 1.165) is 63.1 Å². The Morgan fingerprint density at radius 1 is 0.875 bits per heavy atom. The topological polar surface area (TPSA) is 86.8 Å². The highest BCUT2D eigenvalue weighted by atomic mass is 79.9. The molecule has 0 aliphatic heterocycles. The molecule has 1 aliphatic carbocycles. The van der Waals surface area contributed by atoms with Crippen LogP contribution in [0.2, 0.25) is 5.02 Å². The van der Waals surface area contributed by atoms with Gasteiger partial charge in [-0.3, -0.25) is 13.9 Å². The van der Waals surface area contributed by atoms with Gasteiger partial charge >= 0.3 is 0 Å². The van der Waals surface area contributed by atoms with E-state index in [1.807, 2.05) is 68.4 Å². The Kier molecular flexibility index (Phi) is 12.0. The van der Waals surface area contributed by atoms with Crippen LogP contribution in [0.5, 0.6) is 0 Å². The smallest absolute Gasteiger partial charge is 0.264 e.